The molecule has 1 heterocycles. The summed E-state index contributed by atoms with van der Waals surface area (Å²) in [6, 6.07) is 9.99. The highest BCUT2D eigenvalue weighted by Crippen LogP contribution is 2.18. The van der Waals surface area contributed by atoms with Crippen LogP contribution in [-0.2, 0) is 13.5 Å². The summed E-state index contributed by atoms with van der Waals surface area (Å²) in [5.74, 6) is -0.123. The fourth-order valence-corrected chi connectivity index (χ4v) is 2.48. The maximum Gasteiger partial charge on any atom is 0.319 e. The number of nitrogens with zero attached hydrogens (tertiary/aromatic N) is 2. The molecule has 5 nitrogen and oxygen atoms in total. The Kier molecular flexibility index (Phi) is 4.41. The number of carbonyl (C=O) groups is 1. The lowest BCUT2D eigenvalue weighted by molar-refractivity contribution is 0.252. The third-order valence-electron chi connectivity index (χ3n) is 3.67. The number of aryl methyl sites for hydroxylation is 1. The molecular formula is C17H16F2N4O. The van der Waals surface area contributed by atoms with Crippen LogP contribution in [0.15, 0.2) is 42.5 Å². The average molecular weight is 330 g/mol. The van der Waals surface area contributed by atoms with E-state index < -0.39 is 11.8 Å². The topological polar surface area (TPSA) is 59.0 Å². The van der Waals surface area contributed by atoms with Crippen LogP contribution in [0.25, 0.3) is 11.0 Å². The number of fused-ring (bicyclic) bond motifs is 1. The first-order chi connectivity index (χ1) is 11.5. The number of halogens is 2. The third-order valence-corrected chi connectivity index (χ3v) is 3.67. The Hall–Kier alpha value is -2.96. The smallest absolute Gasteiger partial charge is 0.319 e. The van der Waals surface area contributed by atoms with E-state index >= 15 is 0 Å². The monoisotopic (exact) mass is 330 g/mol. The molecule has 1 aromatic heterocycles. The lowest BCUT2D eigenvalue weighted by atomic mass is 10.3. The Balaban J connectivity index is 1.59. The summed E-state index contributed by atoms with van der Waals surface area (Å²) < 4.78 is 28.6. The van der Waals surface area contributed by atoms with Gasteiger partial charge >= 0.3 is 6.03 Å². The zero-order valence-electron chi connectivity index (χ0n) is 13.0. The second kappa shape index (κ2) is 6.66. The van der Waals surface area contributed by atoms with Gasteiger partial charge in [-0.1, -0.05) is 12.1 Å². The molecule has 0 saturated carbocycles. The van der Waals surface area contributed by atoms with Crippen molar-refractivity contribution >= 4 is 22.8 Å². The van der Waals surface area contributed by atoms with Gasteiger partial charge in [-0.15, -0.1) is 0 Å². The van der Waals surface area contributed by atoms with E-state index in [1.54, 1.807) is 29.8 Å². The van der Waals surface area contributed by atoms with Gasteiger partial charge in [0.2, 0.25) is 0 Å². The summed E-state index contributed by atoms with van der Waals surface area (Å²) >= 11 is 0. The van der Waals surface area contributed by atoms with Gasteiger partial charge in [0.1, 0.15) is 17.2 Å². The fraction of sp³-hybridized carbons (Fsp3) is 0.176. The van der Waals surface area contributed by atoms with Gasteiger partial charge in [-0.25, -0.2) is 18.6 Å². The molecule has 0 unspecified atom stereocenters. The largest absolute Gasteiger partial charge is 0.337 e. The lowest BCUT2D eigenvalue weighted by Gasteiger charge is -2.07. The van der Waals surface area contributed by atoms with E-state index in [0.717, 1.165) is 0 Å². The van der Waals surface area contributed by atoms with Crippen molar-refractivity contribution in [1.82, 2.24) is 14.9 Å². The van der Waals surface area contributed by atoms with Crippen molar-refractivity contribution in [2.75, 3.05) is 11.9 Å². The van der Waals surface area contributed by atoms with Crippen LogP contribution in [-0.4, -0.2) is 22.1 Å². The van der Waals surface area contributed by atoms with Crippen molar-refractivity contribution in [3.05, 3.63) is 59.9 Å². The number of aromatic nitrogens is 2. The van der Waals surface area contributed by atoms with Gasteiger partial charge in [0.15, 0.2) is 5.82 Å². The van der Waals surface area contributed by atoms with Crippen molar-refractivity contribution in [3.8, 4) is 0 Å². The SMILES string of the molecule is Cn1c(CCNC(=O)Nc2cccc(F)c2)nc2c(F)cccc21. The number of nitrogens with one attached hydrogen (secondary N) is 2. The normalized spacial score (nSPS) is 10.8. The highest BCUT2D eigenvalue weighted by Gasteiger charge is 2.11. The van der Waals surface area contributed by atoms with Crippen LogP contribution in [0.2, 0.25) is 0 Å². The van der Waals surface area contributed by atoms with Crippen LogP contribution in [0.4, 0.5) is 19.3 Å². The number of para-hydroxylation sites is 1. The summed E-state index contributed by atoms with van der Waals surface area (Å²) in [4.78, 5) is 16.1. The number of imidazole rings is 1. The summed E-state index contributed by atoms with van der Waals surface area (Å²) in [5, 5.41) is 5.21. The highest BCUT2D eigenvalue weighted by atomic mass is 19.1. The van der Waals surface area contributed by atoms with E-state index in [4.69, 9.17) is 0 Å². The molecule has 0 atom stereocenters. The van der Waals surface area contributed by atoms with Gasteiger partial charge in [-0.05, 0) is 30.3 Å². The predicted molar refractivity (Wildman–Crippen MR) is 87.8 cm³/mol. The van der Waals surface area contributed by atoms with Crippen LogP contribution >= 0.6 is 0 Å². The molecule has 0 aliphatic heterocycles. The molecular weight excluding hydrogens is 314 g/mol. The Bertz CT molecular complexity index is 891. The number of anilines is 1. The van der Waals surface area contributed by atoms with Crippen LogP contribution in [0, 0.1) is 11.6 Å². The van der Waals surface area contributed by atoms with E-state index in [1.165, 1.54) is 24.3 Å². The van der Waals surface area contributed by atoms with Crippen LogP contribution in [0.1, 0.15) is 5.82 Å². The number of urea groups is 1. The molecule has 24 heavy (non-hydrogen) atoms. The molecule has 0 saturated heterocycles. The minimum absolute atomic E-state index is 0.319. The molecule has 0 aliphatic rings. The van der Waals surface area contributed by atoms with E-state index in [1.807, 2.05) is 0 Å². The highest BCUT2D eigenvalue weighted by molar-refractivity contribution is 5.89. The van der Waals surface area contributed by atoms with Gasteiger partial charge < -0.3 is 15.2 Å². The number of carbonyl (C=O) groups excluding carboxylic acids is 1. The minimum Gasteiger partial charge on any atom is -0.337 e. The average Bonchev–Trinajstić information content (AvgIpc) is 2.86. The minimum atomic E-state index is -0.439. The van der Waals surface area contributed by atoms with E-state index in [0.29, 0.717) is 35.5 Å². The Morgan fingerprint density at radius 3 is 2.75 bits per heavy atom. The van der Waals surface area contributed by atoms with E-state index in [9.17, 15) is 13.6 Å². The standard InChI is InChI=1S/C17H16F2N4O/c1-23-14-7-3-6-13(19)16(14)22-15(23)8-9-20-17(24)21-12-5-2-4-11(18)10-12/h2-7,10H,8-9H2,1H3,(H2,20,21,24). The van der Waals surface area contributed by atoms with Gasteiger partial charge in [-0.3, -0.25) is 0 Å². The van der Waals surface area contributed by atoms with Crippen molar-refractivity contribution in [2.45, 2.75) is 6.42 Å². The zero-order chi connectivity index (χ0) is 17.1. The first-order valence-corrected chi connectivity index (χ1v) is 7.45. The predicted octanol–water partition coefficient (Wildman–Crippen LogP) is 3.22. The van der Waals surface area contributed by atoms with Gasteiger partial charge in [-0.2, -0.15) is 0 Å². The van der Waals surface area contributed by atoms with E-state index in [2.05, 4.69) is 15.6 Å². The number of benzene rings is 2. The Morgan fingerprint density at radius 2 is 2.00 bits per heavy atom. The number of amides is 2. The molecule has 0 radical (unpaired) electrons. The second-order valence-electron chi connectivity index (χ2n) is 5.34. The number of hydrogen-bond donors (Lipinski definition) is 2. The number of hydrogen-bond acceptors (Lipinski definition) is 2. The molecule has 2 N–H and O–H groups in total. The second-order valence-corrected chi connectivity index (χ2v) is 5.34. The van der Waals surface area contributed by atoms with Crippen molar-refractivity contribution < 1.29 is 13.6 Å². The summed E-state index contributed by atoms with van der Waals surface area (Å²) in [7, 11) is 1.80. The van der Waals surface area contributed by atoms with Gasteiger partial charge in [0, 0.05) is 25.7 Å². The molecule has 0 spiro atoms. The molecule has 0 aliphatic carbocycles. The lowest BCUT2D eigenvalue weighted by Crippen LogP contribution is -2.30. The summed E-state index contributed by atoms with van der Waals surface area (Å²) in [6.45, 7) is 0.319. The first kappa shape index (κ1) is 15.9. The zero-order valence-corrected chi connectivity index (χ0v) is 13.0. The van der Waals surface area contributed by atoms with Crippen LogP contribution in [0.5, 0.6) is 0 Å². The molecule has 2 amide bonds. The number of rotatable bonds is 4. The Morgan fingerprint density at radius 1 is 1.21 bits per heavy atom. The molecule has 0 bridgehead atoms. The molecule has 3 aromatic rings. The molecule has 3 rings (SSSR count). The fourth-order valence-electron chi connectivity index (χ4n) is 2.48. The summed E-state index contributed by atoms with van der Waals surface area (Å²) in [5.41, 5.74) is 1.39. The molecule has 0 fully saturated rings. The maximum absolute atomic E-state index is 13.7. The molecule has 124 valence electrons. The third kappa shape index (κ3) is 3.34. The van der Waals surface area contributed by atoms with E-state index in [-0.39, 0.29) is 5.82 Å². The molecule has 7 heteroatoms. The van der Waals surface area contributed by atoms with Gasteiger partial charge in [0.05, 0.1) is 5.52 Å². The van der Waals surface area contributed by atoms with Crippen LogP contribution in [0.3, 0.4) is 0 Å². The Labute approximate surface area is 137 Å². The van der Waals surface area contributed by atoms with Gasteiger partial charge in [0.25, 0.3) is 0 Å². The first-order valence-electron chi connectivity index (χ1n) is 7.45. The molecule has 2 aromatic carbocycles. The van der Waals surface area contributed by atoms with Crippen molar-refractivity contribution in [2.24, 2.45) is 7.05 Å². The van der Waals surface area contributed by atoms with Crippen LogP contribution < -0.4 is 10.6 Å². The van der Waals surface area contributed by atoms with Crippen molar-refractivity contribution in [1.29, 1.82) is 0 Å². The maximum atomic E-state index is 13.7. The van der Waals surface area contributed by atoms with Crippen molar-refractivity contribution in [3.63, 3.8) is 0 Å². The summed E-state index contributed by atoms with van der Waals surface area (Å²) in [6.07, 6.45) is 0.446. The quantitative estimate of drug-likeness (QED) is 0.772.